The molecule has 294 valence electrons. The van der Waals surface area contributed by atoms with E-state index in [9.17, 15) is 0 Å². The Kier molecular flexibility index (Phi) is 11.4. The Labute approximate surface area is 341 Å². The molecule has 0 amide bonds. The quantitative estimate of drug-likeness (QED) is 0.164. The van der Waals surface area contributed by atoms with Crippen molar-refractivity contribution in [1.82, 2.24) is 19.9 Å². The van der Waals surface area contributed by atoms with Gasteiger partial charge in [0.1, 0.15) is 11.6 Å². The zero-order valence-corrected chi connectivity index (χ0v) is 33.6. The van der Waals surface area contributed by atoms with Gasteiger partial charge in [-0.2, -0.15) is 9.97 Å². The Bertz CT molecular complexity index is 2220. The van der Waals surface area contributed by atoms with E-state index in [1.807, 2.05) is 12.1 Å². The van der Waals surface area contributed by atoms with Crippen LogP contribution in [0.25, 0.3) is 21.8 Å². The molecule has 57 heavy (non-hydrogen) atoms. The van der Waals surface area contributed by atoms with Crippen LogP contribution < -0.4 is 29.4 Å². The number of hydrogen-bond acceptors (Lipinski definition) is 10. The van der Waals surface area contributed by atoms with Crippen molar-refractivity contribution in [3.8, 4) is 0 Å². The highest BCUT2D eigenvalue weighted by Crippen LogP contribution is 2.31. The van der Waals surface area contributed by atoms with E-state index in [0.717, 1.165) is 129 Å². The third-order valence-corrected chi connectivity index (χ3v) is 12.1. The van der Waals surface area contributed by atoms with Crippen LogP contribution in [0.4, 0.5) is 34.9 Å². The first-order chi connectivity index (χ1) is 28.2. The van der Waals surface area contributed by atoms with Gasteiger partial charge in [-0.25, -0.2) is 9.97 Å². The monoisotopic (exact) mass is 780 g/mol. The van der Waals surface area contributed by atoms with Crippen molar-refractivity contribution < 1.29 is 0 Å². The standard InChI is InChI=1S/C23H26ClN5.C23H27N5/c24-18-8-10-19(11-9-18)27-14-16-28(17-15-27)22-20-6-2-3-7-21(20)25-23(26-22)29-12-4-1-5-13-29;1-3-9-19(10-4-1)26-15-17-27(18-16-26)22-20-11-5-6-12-21(20)24-23(25-22)28-13-7-2-8-14-28/h2-3,6-11H,1,4-5,12-17H2;1,3-6,9-12H,2,7-8,13-18H2. The van der Waals surface area contributed by atoms with Crippen molar-refractivity contribution in [2.75, 3.05) is 108 Å². The Hall–Kier alpha value is -5.35. The molecule has 0 aliphatic carbocycles. The molecule has 4 aliphatic rings. The third kappa shape index (κ3) is 8.52. The molecule has 0 bridgehead atoms. The van der Waals surface area contributed by atoms with Crippen LogP contribution in [0.2, 0.25) is 5.02 Å². The molecule has 0 N–H and O–H groups in total. The number of anilines is 6. The summed E-state index contributed by atoms with van der Waals surface area (Å²) in [4.78, 5) is 34.4. The van der Waals surface area contributed by atoms with Gasteiger partial charge in [-0.15, -0.1) is 0 Å². The van der Waals surface area contributed by atoms with Crippen molar-refractivity contribution in [1.29, 1.82) is 0 Å². The van der Waals surface area contributed by atoms with E-state index >= 15 is 0 Å². The van der Waals surface area contributed by atoms with Gasteiger partial charge in [0.25, 0.3) is 0 Å². The maximum Gasteiger partial charge on any atom is 0.227 e. The summed E-state index contributed by atoms with van der Waals surface area (Å²) in [6, 6.07) is 35.7. The second-order valence-corrected chi connectivity index (χ2v) is 16.0. The van der Waals surface area contributed by atoms with Gasteiger partial charge in [0, 0.05) is 106 Å². The van der Waals surface area contributed by atoms with E-state index < -0.39 is 0 Å². The van der Waals surface area contributed by atoms with E-state index in [4.69, 9.17) is 31.5 Å². The van der Waals surface area contributed by atoms with Crippen molar-refractivity contribution in [3.05, 3.63) is 108 Å². The molecular weight excluding hydrogens is 728 g/mol. The van der Waals surface area contributed by atoms with Gasteiger partial charge in [0.05, 0.1) is 11.0 Å². The molecule has 0 atom stereocenters. The summed E-state index contributed by atoms with van der Waals surface area (Å²) in [7, 11) is 0. The van der Waals surface area contributed by atoms with Gasteiger partial charge in [-0.1, -0.05) is 54.1 Å². The number of halogens is 1. The van der Waals surface area contributed by atoms with Crippen LogP contribution >= 0.6 is 11.6 Å². The highest BCUT2D eigenvalue weighted by atomic mass is 35.5. The van der Waals surface area contributed by atoms with E-state index in [-0.39, 0.29) is 0 Å². The Morgan fingerprint density at radius 2 is 0.719 bits per heavy atom. The summed E-state index contributed by atoms with van der Waals surface area (Å²) >= 11 is 6.04. The first kappa shape index (κ1) is 37.2. The van der Waals surface area contributed by atoms with Crippen molar-refractivity contribution in [2.45, 2.75) is 38.5 Å². The Balaban J connectivity index is 0.000000148. The lowest BCUT2D eigenvalue weighted by atomic mass is 10.1. The second-order valence-electron chi connectivity index (χ2n) is 15.6. The summed E-state index contributed by atoms with van der Waals surface area (Å²) < 4.78 is 0. The number of piperazine rings is 2. The van der Waals surface area contributed by atoms with Gasteiger partial charge in [0.2, 0.25) is 11.9 Å². The lowest BCUT2D eigenvalue weighted by Crippen LogP contribution is -2.47. The number of piperidine rings is 2. The SMILES string of the molecule is Clc1ccc(N2CCN(c3nc(N4CCCCC4)nc4ccccc34)CC2)cc1.c1ccc(N2CCN(c3nc(N4CCCCC4)nc4ccccc34)CC2)cc1. The number of nitrogens with zero attached hydrogens (tertiary/aromatic N) is 10. The number of fused-ring (bicyclic) bond motifs is 2. The predicted octanol–water partition coefficient (Wildman–Crippen LogP) is 8.55. The number of rotatable bonds is 6. The highest BCUT2D eigenvalue weighted by molar-refractivity contribution is 6.30. The van der Waals surface area contributed by atoms with Crippen molar-refractivity contribution in [3.63, 3.8) is 0 Å². The molecule has 6 aromatic rings. The lowest BCUT2D eigenvalue weighted by molar-refractivity contribution is 0.568. The van der Waals surface area contributed by atoms with Gasteiger partial charge in [-0.3, -0.25) is 0 Å². The fraction of sp³-hybridized carbons (Fsp3) is 0.391. The molecule has 4 fully saturated rings. The molecule has 4 saturated heterocycles. The second kappa shape index (κ2) is 17.4. The molecular formula is C46H53ClN10. The van der Waals surface area contributed by atoms with E-state index in [1.54, 1.807) is 0 Å². The minimum Gasteiger partial charge on any atom is -0.368 e. The molecule has 10 nitrogen and oxygen atoms in total. The molecule has 10 rings (SSSR count). The van der Waals surface area contributed by atoms with Gasteiger partial charge >= 0.3 is 0 Å². The smallest absolute Gasteiger partial charge is 0.227 e. The largest absolute Gasteiger partial charge is 0.368 e. The van der Waals surface area contributed by atoms with Gasteiger partial charge in [0.15, 0.2) is 0 Å². The molecule has 2 aromatic heterocycles. The number of benzene rings is 4. The van der Waals surface area contributed by atoms with Crippen LogP contribution in [-0.4, -0.2) is 98.5 Å². The molecule has 0 saturated carbocycles. The zero-order chi connectivity index (χ0) is 38.4. The summed E-state index contributed by atoms with van der Waals surface area (Å²) in [6.07, 6.45) is 7.56. The summed E-state index contributed by atoms with van der Waals surface area (Å²) in [5.41, 5.74) is 4.64. The van der Waals surface area contributed by atoms with Crippen LogP contribution in [-0.2, 0) is 0 Å². The highest BCUT2D eigenvalue weighted by Gasteiger charge is 2.25. The number of para-hydroxylation sites is 3. The fourth-order valence-corrected chi connectivity index (χ4v) is 8.82. The molecule has 0 unspecified atom stereocenters. The molecule has 4 aromatic carbocycles. The van der Waals surface area contributed by atoms with E-state index in [0.29, 0.717) is 0 Å². The zero-order valence-electron chi connectivity index (χ0n) is 32.9. The van der Waals surface area contributed by atoms with Crippen LogP contribution in [0.3, 0.4) is 0 Å². The summed E-state index contributed by atoms with van der Waals surface area (Å²) in [6.45, 7) is 12.1. The van der Waals surface area contributed by atoms with E-state index in [1.165, 1.54) is 49.9 Å². The normalized spacial score (nSPS) is 17.8. The molecule has 0 radical (unpaired) electrons. The topological polar surface area (TPSA) is 71.0 Å². The van der Waals surface area contributed by atoms with Crippen molar-refractivity contribution >= 4 is 68.3 Å². The first-order valence-electron chi connectivity index (χ1n) is 21.0. The Morgan fingerprint density at radius 1 is 0.333 bits per heavy atom. The van der Waals surface area contributed by atoms with Crippen LogP contribution in [0, 0.1) is 0 Å². The number of aromatic nitrogens is 4. The molecule has 4 aliphatic heterocycles. The predicted molar refractivity (Wildman–Crippen MR) is 238 cm³/mol. The first-order valence-corrected chi connectivity index (χ1v) is 21.4. The van der Waals surface area contributed by atoms with Crippen LogP contribution in [0.5, 0.6) is 0 Å². The van der Waals surface area contributed by atoms with Crippen molar-refractivity contribution in [2.24, 2.45) is 0 Å². The molecule has 0 spiro atoms. The van der Waals surface area contributed by atoms with Crippen LogP contribution in [0.1, 0.15) is 38.5 Å². The average Bonchev–Trinajstić information content (AvgIpc) is 3.30. The Morgan fingerprint density at radius 3 is 1.18 bits per heavy atom. The minimum atomic E-state index is 0.782. The van der Waals surface area contributed by atoms with Crippen LogP contribution in [0.15, 0.2) is 103 Å². The lowest BCUT2D eigenvalue weighted by Gasteiger charge is -2.37. The number of hydrogen-bond donors (Lipinski definition) is 0. The molecule has 11 heteroatoms. The maximum absolute atomic E-state index is 6.04. The fourth-order valence-electron chi connectivity index (χ4n) is 8.69. The molecule has 6 heterocycles. The third-order valence-electron chi connectivity index (χ3n) is 11.9. The average molecular weight is 781 g/mol. The van der Waals surface area contributed by atoms with Gasteiger partial charge in [-0.05, 0) is 99.2 Å². The summed E-state index contributed by atoms with van der Waals surface area (Å²) in [5.74, 6) is 3.96. The van der Waals surface area contributed by atoms with E-state index in [2.05, 4.69) is 120 Å². The maximum atomic E-state index is 6.04. The minimum absolute atomic E-state index is 0.782. The summed E-state index contributed by atoms with van der Waals surface area (Å²) in [5, 5.41) is 3.09. The van der Waals surface area contributed by atoms with Gasteiger partial charge < -0.3 is 29.4 Å².